The third kappa shape index (κ3) is 1.43. The number of carbonyl (C=O) groups is 2. The number of hydrogen-bond donors (Lipinski definition) is 1. The third-order valence-corrected chi connectivity index (χ3v) is 5.49. The summed E-state index contributed by atoms with van der Waals surface area (Å²) in [4.78, 5) is 24.3. The molecule has 0 radical (unpaired) electrons. The van der Waals surface area contributed by atoms with Crippen LogP contribution in [0.25, 0.3) is 0 Å². The van der Waals surface area contributed by atoms with Gasteiger partial charge in [0.1, 0.15) is 17.8 Å². The molecule has 1 N–H and O–H groups in total. The fraction of sp³-hybridized carbons (Fsp3) is 0.500. The van der Waals surface area contributed by atoms with Gasteiger partial charge in [-0.3, -0.25) is 4.79 Å². The lowest BCUT2D eigenvalue weighted by Crippen LogP contribution is -2.48. The van der Waals surface area contributed by atoms with Crippen LogP contribution >= 0.6 is 0 Å². The van der Waals surface area contributed by atoms with Gasteiger partial charge in [0.25, 0.3) is 0 Å². The lowest BCUT2D eigenvalue weighted by atomic mass is 9.76. The van der Waals surface area contributed by atoms with Gasteiger partial charge < -0.3 is 14.6 Å². The van der Waals surface area contributed by atoms with E-state index in [0.29, 0.717) is 18.6 Å². The van der Waals surface area contributed by atoms with Crippen molar-refractivity contribution in [2.45, 2.75) is 31.2 Å². The molecule has 5 nitrogen and oxygen atoms in total. The van der Waals surface area contributed by atoms with E-state index in [1.807, 2.05) is 6.07 Å². The summed E-state index contributed by atoms with van der Waals surface area (Å²) >= 11 is 0. The first kappa shape index (κ1) is 13.0. The van der Waals surface area contributed by atoms with E-state index in [4.69, 9.17) is 9.47 Å². The zero-order valence-corrected chi connectivity index (χ0v) is 11.6. The minimum atomic E-state index is -1.12. The number of ether oxygens (including phenoxy) is 2. The van der Waals surface area contributed by atoms with Gasteiger partial charge in [0.2, 0.25) is 0 Å². The van der Waals surface area contributed by atoms with E-state index in [-0.39, 0.29) is 11.7 Å². The molecule has 1 saturated heterocycles. The molecule has 3 fully saturated rings. The van der Waals surface area contributed by atoms with Gasteiger partial charge in [-0.15, -0.1) is 0 Å². The first-order valence-corrected chi connectivity index (χ1v) is 7.12. The van der Waals surface area contributed by atoms with Crippen LogP contribution < -0.4 is 0 Å². The second-order valence-electron chi connectivity index (χ2n) is 6.31. The molecule has 0 aromatic heterocycles. The van der Waals surface area contributed by atoms with Crippen molar-refractivity contribution in [3.63, 3.8) is 0 Å². The lowest BCUT2D eigenvalue weighted by Gasteiger charge is -2.35. The van der Waals surface area contributed by atoms with Crippen LogP contribution in [0.4, 0.5) is 0 Å². The van der Waals surface area contributed by atoms with Crippen molar-refractivity contribution in [2.24, 2.45) is 11.3 Å². The monoisotopic (exact) mass is 288 g/mol. The van der Waals surface area contributed by atoms with Crippen LogP contribution in [0, 0.1) is 11.3 Å². The Hall–Kier alpha value is -1.72. The van der Waals surface area contributed by atoms with Gasteiger partial charge in [-0.25, -0.2) is 4.79 Å². The van der Waals surface area contributed by atoms with Crippen LogP contribution in [0.15, 0.2) is 30.3 Å². The minimum absolute atomic E-state index is 0.179. The number of Topliss-reactive ketones (excluding diaryl/α,β-unsaturated/α-hetero) is 1. The van der Waals surface area contributed by atoms with Gasteiger partial charge in [0.15, 0.2) is 5.78 Å². The molecular formula is C16H16O5. The molecule has 3 aliphatic rings. The topological polar surface area (TPSA) is 76.1 Å². The molecule has 1 unspecified atom stereocenters. The summed E-state index contributed by atoms with van der Waals surface area (Å²) in [5.74, 6) is -0.960. The molecule has 1 spiro atoms. The predicted molar refractivity (Wildman–Crippen MR) is 71.6 cm³/mol. The van der Waals surface area contributed by atoms with Crippen molar-refractivity contribution < 1.29 is 24.2 Å². The number of hydrogen-bond acceptors (Lipinski definition) is 5. The standard InChI is InChI=1S/C16H16O5/c1-15-11(21-14(19)9-5-3-2-4-6-9)7-10(12(17)13(15)18)16(15)8-20-16/h2-6,10-11,13,18H,7-8H2,1H3/t10-,11-,13?,15-,16+/m1/s1. The minimum Gasteiger partial charge on any atom is -0.458 e. The van der Waals surface area contributed by atoms with Crippen molar-refractivity contribution in [1.29, 1.82) is 0 Å². The molecule has 1 aliphatic heterocycles. The van der Waals surface area contributed by atoms with Crippen LogP contribution in [-0.2, 0) is 14.3 Å². The summed E-state index contributed by atoms with van der Waals surface area (Å²) < 4.78 is 11.1. The average Bonchev–Trinajstić information content (AvgIpc) is 3.24. The Bertz CT molecular complexity index is 621. The van der Waals surface area contributed by atoms with Crippen LogP contribution in [0.3, 0.4) is 0 Å². The maximum atomic E-state index is 12.2. The van der Waals surface area contributed by atoms with Crippen molar-refractivity contribution in [1.82, 2.24) is 0 Å². The van der Waals surface area contributed by atoms with Gasteiger partial charge in [-0.1, -0.05) is 25.1 Å². The van der Waals surface area contributed by atoms with E-state index >= 15 is 0 Å². The highest BCUT2D eigenvalue weighted by Gasteiger charge is 2.82. The summed E-state index contributed by atoms with van der Waals surface area (Å²) in [6, 6.07) is 8.72. The van der Waals surface area contributed by atoms with Gasteiger partial charge in [0.05, 0.1) is 23.5 Å². The third-order valence-electron chi connectivity index (χ3n) is 5.49. The van der Waals surface area contributed by atoms with Gasteiger partial charge in [0, 0.05) is 0 Å². The molecule has 1 heterocycles. The largest absolute Gasteiger partial charge is 0.458 e. The molecule has 1 aromatic rings. The fourth-order valence-electron chi connectivity index (χ4n) is 4.07. The number of epoxide rings is 1. The van der Waals surface area contributed by atoms with Crippen LogP contribution in [0.5, 0.6) is 0 Å². The Morgan fingerprint density at radius 3 is 2.62 bits per heavy atom. The average molecular weight is 288 g/mol. The zero-order chi connectivity index (χ0) is 14.8. The number of ketones is 1. The molecule has 2 bridgehead atoms. The highest BCUT2D eigenvalue weighted by Crippen LogP contribution is 2.67. The summed E-state index contributed by atoms with van der Waals surface area (Å²) in [5.41, 5.74) is -0.986. The van der Waals surface area contributed by atoms with Crippen molar-refractivity contribution >= 4 is 11.8 Å². The quantitative estimate of drug-likeness (QED) is 0.647. The van der Waals surface area contributed by atoms with E-state index in [2.05, 4.69) is 0 Å². The smallest absolute Gasteiger partial charge is 0.338 e. The number of carbonyl (C=O) groups excluding carboxylic acids is 2. The molecule has 1 aromatic carbocycles. The normalized spacial score (nSPS) is 43.3. The first-order chi connectivity index (χ1) is 10.0. The molecule has 0 amide bonds. The van der Waals surface area contributed by atoms with Gasteiger partial charge >= 0.3 is 5.97 Å². The van der Waals surface area contributed by atoms with Gasteiger partial charge in [-0.05, 0) is 18.6 Å². The summed E-state index contributed by atoms with van der Waals surface area (Å²) in [7, 11) is 0. The number of aliphatic hydroxyl groups excluding tert-OH is 1. The molecule has 2 aliphatic carbocycles. The summed E-state index contributed by atoms with van der Waals surface area (Å²) in [6.07, 6.45) is -1.18. The molecule has 5 atom stereocenters. The molecule has 4 rings (SSSR count). The summed E-state index contributed by atoms with van der Waals surface area (Å²) in [5, 5.41) is 10.3. The molecule has 5 heteroatoms. The zero-order valence-electron chi connectivity index (χ0n) is 11.6. The maximum absolute atomic E-state index is 12.2. The Balaban J connectivity index is 1.61. The molecular weight excluding hydrogens is 272 g/mol. The van der Waals surface area contributed by atoms with E-state index in [9.17, 15) is 14.7 Å². The lowest BCUT2D eigenvalue weighted by molar-refractivity contribution is -0.139. The SMILES string of the molecule is C[C@]12C(O)C(=O)[C@@H](C[C@H]1OC(=O)c1ccccc1)[C@@]21CO1. The highest BCUT2D eigenvalue weighted by atomic mass is 16.6. The van der Waals surface area contributed by atoms with Gasteiger partial charge in [-0.2, -0.15) is 0 Å². The molecule has 21 heavy (non-hydrogen) atoms. The second-order valence-corrected chi connectivity index (χ2v) is 6.31. The Kier molecular flexibility index (Phi) is 2.43. The predicted octanol–water partition coefficient (Wildman–Crippen LogP) is 0.951. The first-order valence-electron chi connectivity index (χ1n) is 7.12. The fourth-order valence-corrected chi connectivity index (χ4v) is 4.07. The van der Waals surface area contributed by atoms with Crippen molar-refractivity contribution in [2.75, 3.05) is 6.61 Å². The van der Waals surface area contributed by atoms with Crippen LogP contribution in [0.2, 0.25) is 0 Å². The number of aliphatic hydroxyl groups is 1. The van der Waals surface area contributed by atoms with E-state index in [0.717, 1.165) is 0 Å². The number of rotatable bonds is 2. The summed E-state index contributed by atoms with van der Waals surface area (Å²) in [6.45, 7) is 2.24. The van der Waals surface area contributed by atoms with E-state index in [1.165, 1.54) is 0 Å². The van der Waals surface area contributed by atoms with Crippen molar-refractivity contribution in [3.8, 4) is 0 Å². The Morgan fingerprint density at radius 2 is 2.05 bits per heavy atom. The maximum Gasteiger partial charge on any atom is 0.338 e. The highest BCUT2D eigenvalue weighted by molar-refractivity contribution is 5.94. The van der Waals surface area contributed by atoms with Crippen molar-refractivity contribution in [3.05, 3.63) is 35.9 Å². The Labute approximate surface area is 121 Å². The molecule has 2 saturated carbocycles. The number of esters is 1. The number of benzene rings is 1. The Morgan fingerprint density at radius 1 is 1.38 bits per heavy atom. The second kappa shape index (κ2) is 3.93. The molecule has 110 valence electrons. The van der Waals surface area contributed by atoms with E-state index < -0.39 is 29.2 Å². The van der Waals surface area contributed by atoms with Crippen LogP contribution in [-0.4, -0.2) is 41.3 Å². The van der Waals surface area contributed by atoms with E-state index in [1.54, 1.807) is 31.2 Å². The van der Waals surface area contributed by atoms with Crippen LogP contribution in [0.1, 0.15) is 23.7 Å².